The first kappa shape index (κ1) is 27.0. The minimum absolute atomic E-state index is 0.219. The SMILES string of the molecule is Cc1ccccc1-n1cc(CNC(=O)[C@@H](N)CCSC[C@H]2O[C@@H](n3cnc4c(N)ncnc43)[C@H](O)[C@@H]2O)cn1. The lowest BCUT2D eigenvalue weighted by molar-refractivity contribution is -0.122. The van der Waals surface area contributed by atoms with Crippen LogP contribution in [-0.2, 0) is 16.1 Å². The third-order valence-corrected chi connectivity index (χ3v) is 7.74. The van der Waals surface area contributed by atoms with Crippen molar-refractivity contribution in [2.75, 3.05) is 17.2 Å². The molecule has 13 nitrogen and oxygen atoms in total. The highest BCUT2D eigenvalue weighted by Gasteiger charge is 2.44. The average Bonchev–Trinajstić information content (AvgIpc) is 3.65. The zero-order valence-corrected chi connectivity index (χ0v) is 22.1. The minimum atomic E-state index is -1.17. The van der Waals surface area contributed by atoms with Crippen molar-refractivity contribution in [1.82, 2.24) is 34.6 Å². The molecule has 1 aromatic carbocycles. The lowest BCUT2D eigenvalue weighted by atomic mass is 10.1. The van der Waals surface area contributed by atoms with E-state index in [9.17, 15) is 15.0 Å². The molecule has 0 bridgehead atoms. The molecule has 14 heteroatoms. The number of para-hydroxylation sites is 1. The number of fused-ring (bicyclic) bond motifs is 1. The van der Waals surface area contributed by atoms with Crippen LogP contribution < -0.4 is 16.8 Å². The Balaban J connectivity index is 1.06. The number of anilines is 1. The van der Waals surface area contributed by atoms with Crippen molar-refractivity contribution >= 4 is 34.7 Å². The van der Waals surface area contributed by atoms with Crippen LogP contribution in [0, 0.1) is 6.92 Å². The molecule has 39 heavy (non-hydrogen) atoms. The molecule has 0 spiro atoms. The third kappa shape index (κ3) is 5.74. The molecule has 7 N–H and O–H groups in total. The van der Waals surface area contributed by atoms with Crippen molar-refractivity contribution in [2.24, 2.45) is 5.73 Å². The van der Waals surface area contributed by atoms with Crippen LogP contribution in [0.3, 0.4) is 0 Å². The first-order chi connectivity index (χ1) is 18.8. The molecule has 1 saturated heterocycles. The van der Waals surface area contributed by atoms with Gasteiger partial charge >= 0.3 is 0 Å². The molecule has 0 unspecified atom stereocenters. The van der Waals surface area contributed by atoms with Crippen LogP contribution in [0.4, 0.5) is 5.82 Å². The van der Waals surface area contributed by atoms with Crippen LogP contribution >= 0.6 is 11.8 Å². The standard InChI is InChI=1S/C25H31N9O4S/c1-14-4-2-3-5-17(14)34-10-15(9-32-34)8-28-24(37)16(26)6-7-39-11-18-20(35)21(36)25(38-18)33-13-31-19-22(27)29-12-30-23(19)33/h2-5,9-10,12-13,16,18,20-21,25,35-36H,6-8,11,26H2,1H3,(H,28,37)(H2,27,29,30)/t16-,18+,20+,21+,25+/m0/s1. The topological polar surface area (TPSA) is 192 Å². The molecule has 3 aromatic heterocycles. The summed E-state index contributed by atoms with van der Waals surface area (Å²) in [7, 11) is 0. The molecule has 0 saturated carbocycles. The fraction of sp³-hybridized carbons (Fsp3) is 0.400. The summed E-state index contributed by atoms with van der Waals surface area (Å²) in [6.45, 7) is 2.34. The molecule has 1 aliphatic rings. The summed E-state index contributed by atoms with van der Waals surface area (Å²) in [4.78, 5) is 24.8. The number of nitrogens with one attached hydrogen (secondary N) is 1. The van der Waals surface area contributed by atoms with Gasteiger partial charge in [-0.1, -0.05) is 18.2 Å². The van der Waals surface area contributed by atoms with Gasteiger partial charge in [-0.05, 0) is 30.7 Å². The number of aryl methyl sites for hydroxylation is 1. The summed E-state index contributed by atoms with van der Waals surface area (Å²) >= 11 is 1.48. The lowest BCUT2D eigenvalue weighted by Crippen LogP contribution is -2.40. The Morgan fingerprint density at radius 3 is 2.87 bits per heavy atom. The molecule has 4 heterocycles. The largest absolute Gasteiger partial charge is 0.387 e. The third-order valence-electron chi connectivity index (χ3n) is 6.66. The van der Waals surface area contributed by atoms with Crippen molar-refractivity contribution in [3.05, 3.63) is 60.4 Å². The summed E-state index contributed by atoms with van der Waals surface area (Å²) in [6.07, 6.45) is 3.04. The number of hydrogen-bond acceptors (Lipinski definition) is 11. The minimum Gasteiger partial charge on any atom is -0.387 e. The summed E-state index contributed by atoms with van der Waals surface area (Å²) < 4.78 is 9.27. The average molecular weight is 554 g/mol. The number of amides is 1. The second kappa shape index (κ2) is 11.7. The number of aromatic nitrogens is 6. The highest BCUT2D eigenvalue weighted by atomic mass is 32.2. The molecule has 206 valence electrons. The first-order valence-corrected chi connectivity index (χ1v) is 13.6. The molecule has 1 amide bonds. The zero-order valence-electron chi connectivity index (χ0n) is 21.3. The molecule has 4 aromatic rings. The number of imidazole rings is 1. The van der Waals surface area contributed by atoms with Crippen LogP contribution in [0.1, 0.15) is 23.8 Å². The number of thioether (sulfide) groups is 1. The van der Waals surface area contributed by atoms with Crippen molar-refractivity contribution in [3.63, 3.8) is 0 Å². The van der Waals surface area contributed by atoms with E-state index in [1.54, 1.807) is 10.9 Å². The van der Waals surface area contributed by atoms with Gasteiger partial charge in [0.25, 0.3) is 0 Å². The molecule has 5 rings (SSSR count). The maximum Gasteiger partial charge on any atom is 0.237 e. The summed E-state index contributed by atoms with van der Waals surface area (Å²) in [5.41, 5.74) is 15.7. The van der Waals surface area contributed by atoms with Crippen LogP contribution in [0.15, 0.2) is 49.3 Å². The number of nitrogen functional groups attached to an aromatic ring is 1. The van der Waals surface area contributed by atoms with Crippen LogP contribution in [0.2, 0.25) is 0 Å². The Labute approximate surface area is 228 Å². The molecule has 1 aliphatic heterocycles. The number of nitrogens with zero attached hydrogens (tertiary/aromatic N) is 6. The normalized spacial score (nSPS) is 21.8. The van der Waals surface area contributed by atoms with E-state index in [-0.39, 0.29) is 11.7 Å². The highest BCUT2D eigenvalue weighted by Crippen LogP contribution is 2.33. The van der Waals surface area contributed by atoms with E-state index in [0.717, 1.165) is 16.8 Å². The van der Waals surface area contributed by atoms with Gasteiger partial charge in [-0.3, -0.25) is 9.36 Å². The Hall–Kier alpha value is -3.56. The van der Waals surface area contributed by atoms with Crippen LogP contribution in [0.5, 0.6) is 0 Å². The van der Waals surface area contributed by atoms with Crippen LogP contribution in [-0.4, -0.2) is 81.3 Å². The number of rotatable bonds is 10. The van der Waals surface area contributed by atoms with Crippen molar-refractivity contribution in [2.45, 2.75) is 50.5 Å². The zero-order chi connectivity index (χ0) is 27.5. The van der Waals surface area contributed by atoms with Gasteiger partial charge in [0.2, 0.25) is 5.91 Å². The van der Waals surface area contributed by atoms with E-state index >= 15 is 0 Å². The molecule has 1 fully saturated rings. The maximum atomic E-state index is 12.5. The summed E-state index contributed by atoms with van der Waals surface area (Å²) in [5.74, 6) is 0.951. The predicted octanol–water partition coefficient (Wildman–Crippen LogP) is 0.289. The van der Waals surface area contributed by atoms with Gasteiger partial charge in [0.1, 0.15) is 24.1 Å². The quantitative estimate of drug-likeness (QED) is 0.170. The van der Waals surface area contributed by atoms with E-state index in [4.69, 9.17) is 16.2 Å². The highest BCUT2D eigenvalue weighted by molar-refractivity contribution is 7.99. The number of carbonyl (C=O) groups is 1. The van der Waals surface area contributed by atoms with Crippen molar-refractivity contribution in [3.8, 4) is 5.69 Å². The summed E-state index contributed by atoms with van der Waals surface area (Å²) in [6, 6.07) is 7.25. The number of benzene rings is 1. The number of hydrogen-bond donors (Lipinski definition) is 5. The first-order valence-electron chi connectivity index (χ1n) is 12.5. The smallest absolute Gasteiger partial charge is 0.237 e. The van der Waals surface area contributed by atoms with Gasteiger partial charge in [0.05, 0.1) is 30.4 Å². The molecule has 5 atom stereocenters. The van der Waals surface area contributed by atoms with Gasteiger partial charge in [-0.15, -0.1) is 0 Å². The second-order valence-corrected chi connectivity index (χ2v) is 10.5. The molecular weight excluding hydrogens is 522 g/mol. The van der Waals surface area contributed by atoms with Gasteiger partial charge in [-0.25, -0.2) is 19.6 Å². The maximum absolute atomic E-state index is 12.5. The second-order valence-electron chi connectivity index (χ2n) is 9.40. The number of ether oxygens (including phenoxy) is 1. The number of nitrogens with two attached hydrogens (primary N) is 2. The van der Waals surface area contributed by atoms with Gasteiger partial charge < -0.3 is 31.7 Å². The van der Waals surface area contributed by atoms with Crippen molar-refractivity contribution in [1.29, 1.82) is 0 Å². The number of carbonyl (C=O) groups excluding carboxylic acids is 1. The van der Waals surface area contributed by atoms with E-state index in [2.05, 4.69) is 25.4 Å². The Bertz CT molecular complexity index is 1440. The molecular formula is C25H31N9O4S. The van der Waals surface area contributed by atoms with Gasteiger partial charge in [-0.2, -0.15) is 16.9 Å². The predicted molar refractivity (Wildman–Crippen MR) is 146 cm³/mol. The van der Waals surface area contributed by atoms with E-state index in [1.807, 2.05) is 37.4 Å². The lowest BCUT2D eigenvalue weighted by Gasteiger charge is -2.16. The van der Waals surface area contributed by atoms with Gasteiger partial charge in [0, 0.05) is 24.1 Å². The monoisotopic (exact) mass is 553 g/mol. The Kier molecular flexibility index (Phi) is 8.09. The van der Waals surface area contributed by atoms with Crippen LogP contribution in [0.25, 0.3) is 16.9 Å². The fourth-order valence-corrected chi connectivity index (χ4v) is 5.51. The molecule has 0 radical (unpaired) electrons. The Morgan fingerprint density at radius 2 is 2.05 bits per heavy atom. The van der Waals surface area contributed by atoms with Gasteiger partial charge in [0.15, 0.2) is 17.7 Å². The summed E-state index contributed by atoms with van der Waals surface area (Å²) in [5, 5.41) is 28.4. The van der Waals surface area contributed by atoms with E-state index in [0.29, 0.717) is 35.6 Å². The number of aliphatic hydroxyl groups excluding tert-OH is 2. The van der Waals surface area contributed by atoms with E-state index < -0.39 is 30.6 Å². The Morgan fingerprint density at radius 1 is 1.23 bits per heavy atom. The fourth-order valence-electron chi connectivity index (χ4n) is 4.42. The number of aliphatic hydroxyl groups is 2. The van der Waals surface area contributed by atoms with E-state index in [1.165, 1.54) is 29.0 Å². The molecule has 0 aliphatic carbocycles. The van der Waals surface area contributed by atoms with Crippen molar-refractivity contribution < 1.29 is 19.7 Å².